The van der Waals surface area contributed by atoms with Gasteiger partial charge in [0.1, 0.15) is 0 Å². The molecule has 0 aromatic rings. The molecule has 5 nitrogen and oxygen atoms in total. The smallest absolute Gasteiger partial charge is 0.328 e. The molecule has 14 heavy (non-hydrogen) atoms. The molecule has 0 aliphatic carbocycles. The van der Waals surface area contributed by atoms with Crippen molar-refractivity contribution in [3.8, 4) is 0 Å². The van der Waals surface area contributed by atoms with Crippen molar-refractivity contribution in [2.45, 2.75) is 25.9 Å². The van der Waals surface area contributed by atoms with Crippen molar-refractivity contribution in [3.63, 3.8) is 0 Å². The summed E-state index contributed by atoms with van der Waals surface area (Å²) >= 11 is 4.42. The largest absolute Gasteiger partial charge is 0.345 e. The summed E-state index contributed by atoms with van der Waals surface area (Å²) in [6, 6.07) is 0. The van der Waals surface area contributed by atoms with Crippen molar-refractivity contribution >= 4 is 25.9 Å². The lowest BCUT2D eigenvalue weighted by Crippen LogP contribution is -2.11. The lowest BCUT2D eigenvalue weighted by atomic mass is 10.5. The number of rotatable bonds is 6. The molecule has 0 aliphatic heterocycles. The van der Waals surface area contributed by atoms with Gasteiger partial charge in [-0.25, -0.2) is 0 Å². The Morgan fingerprint density at radius 2 is 1.93 bits per heavy atom. The van der Waals surface area contributed by atoms with Gasteiger partial charge in [0.2, 0.25) is 0 Å². The van der Waals surface area contributed by atoms with Crippen molar-refractivity contribution < 1.29 is 23.8 Å². The van der Waals surface area contributed by atoms with E-state index in [1.165, 1.54) is 6.92 Å². The van der Waals surface area contributed by atoms with E-state index in [1.807, 2.05) is 6.92 Å². The number of hydrogen-bond donors (Lipinski definition) is 3. The van der Waals surface area contributed by atoms with Crippen molar-refractivity contribution in [2.75, 3.05) is 12.8 Å². The summed E-state index contributed by atoms with van der Waals surface area (Å²) in [6.45, 7) is -0.0425. The van der Waals surface area contributed by atoms with Crippen molar-refractivity contribution in [3.05, 3.63) is 0 Å². The Morgan fingerprint density at radius 1 is 1.43 bits per heavy atom. The van der Waals surface area contributed by atoms with E-state index in [0.29, 0.717) is 6.42 Å². The first-order chi connectivity index (χ1) is 6.19. The second kappa shape index (κ2) is 5.71. The molecule has 0 heterocycles. The Balaban J connectivity index is 4.22. The van der Waals surface area contributed by atoms with Crippen molar-refractivity contribution in [1.29, 1.82) is 0 Å². The van der Waals surface area contributed by atoms with Crippen LogP contribution in [0.15, 0.2) is 0 Å². The topological polar surface area (TPSA) is 87.0 Å². The minimum atomic E-state index is -3.72. The molecular weight excluding hydrogens is 246 g/mol. The predicted octanol–water partition coefficient (Wildman–Crippen LogP) is 1.28. The van der Waals surface area contributed by atoms with Gasteiger partial charge in [0.15, 0.2) is 6.49 Å². The highest BCUT2D eigenvalue weighted by Crippen LogP contribution is 2.51. The van der Waals surface area contributed by atoms with Gasteiger partial charge in [-0.05, 0) is 18.2 Å². The molecule has 3 N–H and O–H groups in total. The van der Waals surface area contributed by atoms with Gasteiger partial charge < -0.3 is 19.2 Å². The molecule has 86 valence electrons. The van der Waals surface area contributed by atoms with Gasteiger partial charge in [-0.1, -0.05) is 13.8 Å². The van der Waals surface area contributed by atoms with Gasteiger partial charge >= 0.3 is 7.60 Å². The molecule has 0 saturated carbocycles. The molecule has 0 amide bonds. The van der Waals surface area contributed by atoms with E-state index in [2.05, 4.69) is 11.8 Å². The lowest BCUT2D eigenvalue weighted by molar-refractivity contribution is 0.259. The number of hydrogen-bond acceptors (Lipinski definition) is 3. The molecular formula is C6H16O5P2S. The first-order valence-corrected chi connectivity index (χ1v) is 8.74. The standard InChI is InChI=1S/C6H16O5P2S/c1-3-4-11-12(7,8)5-6(2)13(9,10)14/h6H,3-5H2,1-2H3,(H,7,8)(H2,9,10,14). The lowest BCUT2D eigenvalue weighted by Gasteiger charge is -2.19. The van der Waals surface area contributed by atoms with Crippen LogP contribution in [-0.4, -0.2) is 33.1 Å². The minimum absolute atomic E-state index is 0.181. The van der Waals surface area contributed by atoms with Crippen LogP contribution in [0.2, 0.25) is 0 Å². The molecule has 0 bridgehead atoms. The summed E-state index contributed by atoms with van der Waals surface area (Å²) < 4.78 is 16.0. The Morgan fingerprint density at radius 3 is 2.29 bits per heavy atom. The van der Waals surface area contributed by atoms with E-state index in [9.17, 15) is 9.46 Å². The maximum absolute atomic E-state index is 11.3. The zero-order chi connectivity index (χ0) is 11.4. The molecule has 0 aromatic heterocycles. The third-order valence-electron chi connectivity index (χ3n) is 1.57. The van der Waals surface area contributed by atoms with E-state index in [-0.39, 0.29) is 12.8 Å². The molecule has 0 spiro atoms. The predicted molar refractivity (Wildman–Crippen MR) is 59.1 cm³/mol. The molecule has 0 saturated heterocycles. The van der Waals surface area contributed by atoms with Crippen molar-refractivity contribution in [1.82, 2.24) is 0 Å². The fraction of sp³-hybridized carbons (Fsp3) is 1.00. The maximum Gasteiger partial charge on any atom is 0.328 e. The van der Waals surface area contributed by atoms with E-state index in [1.54, 1.807) is 0 Å². The molecule has 2 atom stereocenters. The van der Waals surface area contributed by atoms with Crippen LogP contribution >= 0.6 is 14.1 Å². The second-order valence-corrected chi connectivity index (χ2v) is 8.66. The average molecular weight is 262 g/mol. The van der Waals surface area contributed by atoms with Gasteiger partial charge in [0.25, 0.3) is 0 Å². The highest BCUT2D eigenvalue weighted by Gasteiger charge is 2.29. The zero-order valence-electron chi connectivity index (χ0n) is 8.16. The van der Waals surface area contributed by atoms with E-state index < -0.39 is 19.7 Å². The Kier molecular flexibility index (Phi) is 6.00. The van der Waals surface area contributed by atoms with E-state index >= 15 is 0 Å². The summed E-state index contributed by atoms with van der Waals surface area (Å²) in [7, 11) is -3.72. The van der Waals surface area contributed by atoms with E-state index in [4.69, 9.17) is 14.3 Å². The first-order valence-electron chi connectivity index (χ1n) is 4.20. The third-order valence-corrected chi connectivity index (χ3v) is 5.86. The molecule has 0 rings (SSSR count). The summed E-state index contributed by atoms with van der Waals surface area (Å²) in [5.74, 6) is 0. The molecule has 2 unspecified atom stereocenters. The summed E-state index contributed by atoms with van der Waals surface area (Å²) in [4.78, 5) is 27.4. The monoisotopic (exact) mass is 262 g/mol. The molecule has 0 radical (unpaired) electrons. The molecule has 0 aromatic carbocycles. The summed E-state index contributed by atoms with van der Waals surface area (Å²) in [5, 5.41) is 0. The van der Waals surface area contributed by atoms with Gasteiger partial charge in [-0.15, -0.1) is 0 Å². The van der Waals surface area contributed by atoms with Gasteiger partial charge in [0, 0.05) is 5.66 Å². The quantitative estimate of drug-likeness (QED) is 0.625. The SMILES string of the molecule is CCCOP(=O)(O)CC(C)P(O)(O)=S. The van der Waals surface area contributed by atoms with Crippen LogP contribution < -0.4 is 0 Å². The highest BCUT2D eigenvalue weighted by atomic mass is 32.5. The van der Waals surface area contributed by atoms with Crippen LogP contribution in [0.4, 0.5) is 0 Å². The van der Waals surface area contributed by atoms with Crippen LogP contribution in [0.1, 0.15) is 20.3 Å². The first kappa shape index (κ1) is 14.7. The van der Waals surface area contributed by atoms with Crippen LogP contribution in [-0.2, 0) is 20.9 Å². The van der Waals surface area contributed by atoms with Crippen LogP contribution in [0.25, 0.3) is 0 Å². The zero-order valence-corrected chi connectivity index (χ0v) is 10.8. The molecule has 0 aliphatic rings. The van der Waals surface area contributed by atoms with E-state index in [0.717, 1.165) is 0 Å². The van der Waals surface area contributed by atoms with Crippen LogP contribution in [0.3, 0.4) is 0 Å². The second-order valence-electron chi connectivity index (χ2n) is 3.09. The van der Waals surface area contributed by atoms with Gasteiger partial charge in [-0.2, -0.15) is 0 Å². The average Bonchev–Trinajstić information content (AvgIpc) is 1.98. The fourth-order valence-corrected chi connectivity index (χ4v) is 4.04. The maximum atomic E-state index is 11.3. The molecule has 0 fully saturated rings. The van der Waals surface area contributed by atoms with Gasteiger partial charge in [0.05, 0.1) is 12.8 Å². The molecule has 8 heteroatoms. The van der Waals surface area contributed by atoms with Crippen molar-refractivity contribution in [2.24, 2.45) is 0 Å². The van der Waals surface area contributed by atoms with Crippen LogP contribution in [0.5, 0.6) is 0 Å². The summed E-state index contributed by atoms with van der Waals surface area (Å²) in [6.07, 6.45) is 0.322. The Hall–Kier alpha value is 0.720. The highest BCUT2D eigenvalue weighted by molar-refractivity contribution is 8.09. The van der Waals surface area contributed by atoms with Crippen LogP contribution in [0, 0.1) is 0 Å². The summed E-state index contributed by atoms with van der Waals surface area (Å²) in [5.41, 5.74) is -0.787. The third kappa shape index (κ3) is 6.25. The minimum Gasteiger partial charge on any atom is -0.345 e. The normalized spacial score (nSPS) is 18.9. The fourth-order valence-electron chi connectivity index (χ4n) is 0.727. The Bertz CT molecular complexity index is 263. The Labute approximate surface area is 88.8 Å². The van der Waals surface area contributed by atoms with Gasteiger partial charge in [-0.3, -0.25) is 4.57 Å².